The Hall–Kier alpha value is -0.870. The molecule has 1 unspecified atom stereocenters. The molecule has 0 bridgehead atoms. The fourth-order valence-corrected chi connectivity index (χ4v) is 1.69. The lowest BCUT2D eigenvalue weighted by Gasteiger charge is -2.22. The first-order valence-electron chi connectivity index (χ1n) is 6.34. The average Bonchev–Trinajstić information content (AvgIpc) is 2.60. The molecule has 0 saturated heterocycles. The van der Waals surface area contributed by atoms with Crippen LogP contribution in [0.3, 0.4) is 0 Å². The van der Waals surface area contributed by atoms with Crippen LogP contribution < -0.4 is 5.32 Å². The molecule has 1 aromatic heterocycles. The molecule has 0 radical (unpaired) electrons. The van der Waals surface area contributed by atoms with Crippen molar-refractivity contribution in [3.63, 3.8) is 0 Å². The molecule has 0 saturated carbocycles. The fourth-order valence-electron chi connectivity index (χ4n) is 1.69. The van der Waals surface area contributed by atoms with Crippen LogP contribution >= 0.6 is 0 Å². The van der Waals surface area contributed by atoms with Crippen LogP contribution in [-0.4, -0.2) is 29.0 Å². The molecule has 1 aromatic rings. The van der Waals surface area contributed by atoms with E-state index in [0.29, 0.717) is 12.0 Å². The van der Waals surface area contributed by atoms with Gasteiger partial charge >= 0.3 is 0 Å². The summed E-state index contributed by atoms with van der Waals surface area (Å²) in [6.07, 6.45) is 1.93. The van der Waals surface area contributed by atoms with Gasteiger partial charge in [-0.3, -0.25) is 4.68 Å². The van der Waals surface area contributed by atoms with Crippen molar-refractivity contribution in [3.8, 4) is 0 Å². The van der Waals surface area contributed by atoms with Gasteiger partial charge < -0.3 is 10.1 Å². The van der Waals surface area contributed by atoms with Gasteiger partial charge in [0, 0.05) is 37.5 Å². The molecule has 0 spiro atoms. The van der Waals surface area contributed by atoms with Gasteiger partial charge in [0.15, 0.2) is 0 Å². The van der Waals surface area contributed by atoms with Gasteiger partial charge in [0.2, 0.25) is 0 Å². The fraction of sp³-hybridized carbons (Fsp3) is 0.769. The van der Waals surface area contributed by atoms with Gasteiger partial charge in [0.25, 0.3) is 0 Å². The van der Waals surface area contributed by atoms with Crippen LogP contribution in [0.4, 0.5) is 0 Å². The second-order valence-electron chi connectivity index (χ2n) is 4.77. The van der Waals surface area contributed by atoms with E-state index >= 15 is 0 Å². The zero-order valence-electron chi connectivity index (χ0n) is 11.7. The minimum Gasteiger partial charge on any atom is -0.380 e. The lowest BCUT2D eigenvalue weighted by Crippen LogP contribution is -2.37. The van der Waals surface area contributed by atoms with Crippen molar-refractivity contribution < 1.29 is 4.74 Å². The molecule has 0 fully saturated rings. The van der Waals surface area contributed by atoms with Gasteiger partial charge in [-0.1, -0.05) is 13.8 Å². The van der Waals surface area contributed by atoms with Crippen LogP contribution in [-0.2, 0) is 18.3 Å². The normalized spacial score (nSPS) is 13.3. The van der Waals surface area contributed by atoms with Crippen LogP contribution in [0.2, 0.25) is 0 Å². The van der Waals surface area contributed by atoms with Crippen molar-refractivity contribution in [1.82, 2.24) is 15.1 Å². The average molecular weight is 239 g/mol. The summed E-state index contributed by atoms with van der Waals surface area (Å²) in [6, 6.07) is 0.398. The summed E-state index contributed by atoms with van der Waals surface area (Å²) in [6.45, 7) is 11.0. The Kier molecular flexibility index (Phi) is 5.65. The van der Waals surface area contributed by atoms with E-state index < -0.39 is 0 Å². The standard InChI is InChI=1S/C13H25N3O/c1-6-17-9-13(10(2)3)14-7-12-8-15-16(5)11(12)4/h8,10,13-14H,6-7,9H2,1-5H3. The second kappa shape index (κ2) is 6.77. The first-order chi connectivity index (χ1) is 8.06. The Bertz CT molecular complexity index is 333. The van der Waals surface area contributed by atoms with Crippen LogP contribution in [0.15, 0.2) is 6.20 Å². The molecule has 4 heteroatoms. The Morgan fingerprint density at radius 2 is 2.18 bits per heavy atom. The van der Waals surface area contributed by atoms with Crippen LogP contribution in [0.25, 0.3) is 0 Å². The van der Waals surface area contributed by atoms with Gasteiger partial charge in [-0.2, -0.15) is 5.10 Å². The largest absolute Gasteiger partial charge is 0.380 e. The Morgan fingerprint density at radius 1 is 1.47 bits per heavy atom. The van der Waals surface area contributed by atoms with E-state index in [1.807, 2.05) is 24.9 Å². The van der Waals surface area contributed by atoms with E-state index in [1.165, 1.54) is 11.3 Å². The quantitative estimate of drug-likeness (QED) is 0.789. The molecule has 0 aromatic carbocycles. The molecule has 1 heterocycles. The molecule has 0 aliphatic heterocycles. The number of ether oxygens (including phenoxy) is 1. The summed E-state index contributed by atoms with van der Waals surface area (Å²) >= 11 is 0. The van der Waals surface area contributed by atoms with Crippen molar-refractivity contribution in [2.45, 2.75) is 40.3 Å². The van der Waals surface area contributed by atoms with Gasteiger partial charge in [-0.15, -0.1) is 0 Å². The highest BCUT2D eigenvalue weighted by Gasteiger charge is 2.13. The summed E-state index contributed by atoms with van der Waals surface area (Å²) in [5, 5.41) is 7.79. The molecular formula is C13H25N3O. The van der Waals surface area contributed by atoms with Crippen LogP contribution in [0.1, 0.15) is 32.0 Å². The molecule has 17 heavy (non-hydrogen) atoms. The topological polar surface area (TPSA) is 39.1 Å². The highest BCUT2D eigenvalue weighted by molar-refractivity contribution is 5.15. The monoisotopic (exact) mass is 239 g/mol. The first-order valence-corrected chi connectivity index (χ1v) is 6.34. The third-order valence-electron chi connectivity index (χ3n) is 3.20. The SMILES string of the molecule is CCOCC(NCc1cnn(C)c1C)C(C)C. The second-order valence-corrected chi connectivity index (χ2v) is 4.77. The van der Waals surface area contributed by atoms with E-state index in [0.717, 1.165) is 19.8 Å². The number of aryl methyl sites for hydroxylation is 1. The number of nitrogens with one attached hydrogen (secondary N) is 1. The maximum atomic E-state index is 5.50. The summed E-state index contributed by atoms with van der Waals surface area (Å²) in [5.41, 5.74) is 2.48. The Labute approximate surface area is 104 Å². The molecule has 1 rings (SSSR count). The summed E-state index contributed by atoms with van der Waals surface area (Å²) in [5.74, 6) is 0.568. The highest BCUT2D eigenvalue weighted by atomic mass is 16.5. The molecule has 0 aliphatic carbocycles. The third-order valence-corrected chi connectivity index (χ3v) is 3.20. The van der Waals surface area contributed by atoms with Gasteiger partial charge in [0.1, 0.15) is 0 Å². The molecule has 98 valence electrons. The van der Waals surface area contributed by atoms with E-state index in [1.54, 1.807) is 0 Å². The number of nitrogens with zero attached hydrogens (tertiary/aromatic N) is 2. The van der Waals surface area contributed by atoms with E-state index in [2.05, 4.69) is 31.2 Å². The predicted molar refractivity (Wildman–Crippen MR) is 69.9 cm³/mol. The zero-order valence-corrected chi connectivity index (χ0v) is 11.7. The van der Waals surface area contributed by atoms with Crippen molar-refractivity contribution >= 4 is 0 Å². The van der Waals surface area contributed by atoms with E-state index in [4.69, 9.17) is 4.74 Å². The number of rotatable bonds is 7. The smallest absolute Gasteiger partial charge is 0.0622 e. The summed E-state index contributed by atoms with van der Waals surface area (Å²) in [4.78, 5) is 0. The highest BCUT2D eigenvalue weighted by Crippen LogP contribution is 2.08. The number of hydrogen-bond acceptors (Lipinski definition) is 3. The van der Waals surface area contributed by atoms with Gasteiger partial charge in [-0.05, 0) is 19.8 Å². The minimum absolute atomic E-state index is 0.398. The van der Waals surface area contributed by atoms with E-state index in [9.17, 15) is 0 Å². The predicted octanol–water partition coefficient (Wildman–Crippen LogP) is 1.88. The molecule has 4 nitrogen and oxygen atoms in total. The van der Waals surface area contributed by atoms with Crippen molar-refractivity contribution in [3.05, 3.63) is 17.5 Å². The maximum Gasteiger partial charge on any atom is 0.0622 e. The first kappa shape index (κ1) is 14.2. The van der Waals surface area contributed by atoms with Crippen molar-refractivity contribution in [2.24, 2.45) is 13.0 Å². The summed E-state index contributed by atoms with van der Waals surface area (Å²) < 4.78 is 7.40. The maximum absolute atomic E-state index is 5.50. The molecule has 1 atom stereocenters. The molecule has 0 aliphatic rings. The van der Waals surface area contributed by atoms with Crippen LogP contribution in [0.5, 0.6) is 0 Å². The minimum atomic E-state index is 0.398. The van der Waals surface area contributed by atoms with Crippen LogP contribution in [0, 0.1) is 12.8 Å². The molecule has 0 amide bonds. The van der Waals surface area contributed by atoms with E-state index in [-0.39, 0.29) is 0 Å². The summed E-state index contributed by atoms with van der Waals surface area (Å²) in [7, 11) is 1.97. The number of hydrogen-bond donors (Lipinski definition) is 1. The van der Waals surface area contributed by atoms with Gasteiger partial charge in [-0.25, -0.2) is 0 Å². The van der Waals surface area contributed by atoms with Crippen molar-refractivity contribution in [1.29, 1.82) is 0 Å². The van der Waals surface area contributed by atoms with Gasteiger partial charge in [0.05, 0.1) is 12.8 Å². The zero-order chi connectivity index (χ0) is 12.8. The Balaban J connectivity index is 2.48. The number of aromatic nitrogens is 2. The Morgan fingerprint density at radius 3 is 2.65 bits per heavy atom. The lowest BCUT2D eigenvalue weighted by atomic mass is 10.1. The van der Waals surface area contributed by atoms with Crippen molar-refractivity contribution in [2.75, 3.05) is 13.2 Å². The third kappa shape index (κ3) is 4.13. The molecular weight excluding hydrogens is 214 g/mol. The lowest BCUT2D eigenvalue weighted by molar-refractivity contribution is 0.108. The molecule has 1 N–H and O–H groups in total.